The van der Waals surface area contributed by atoms with Gasteiger partial charge in [0.1, 0.15) is 18.1 Å². The summed E-state index contributed by atoms with van der Waals surface area (Å²) in [5.74, 6) is -4.50. The van der Waals surface area contributed by atoms with E-state index in [0.717, 1.165) is 0 Å². The summed E-state index contributed by atoms with van der Waals surface area (Å²) in [5.41, 5.74) is 16.9. The molecule has 0 aliphatic carbocycles. The van der Waals surface area contributed by atoms with Gasteiger partial charge in [0.25, 0.3) is 0 Å². The molecule has 0 aromatic carbocycles. The Labute approximate surface area is 218 Å². The van der Waals surface area contributed by atoms with Crippen molar-refractivity contribution in [1.29, 1.82) is 0 Å². The highest BCUT2D eigenvalue weighted by Crippen LogP contribution is 2.20. The molecule has 0 spiro atoms. The second kappa shape index (κ2) is 14.5. The number of imidazole rings is 1. The van der Waals surface area contributed by atoms with Crippen LogP contribution in [-0.4, -0.2) is 98.0 Å². The molecule has 1 aliphatic rings. The Morgan fingerprint density at radius 1 is 1.16 bits per heavy atom. The Hall–Kier alpha value is -4.21. The van der Waals surface area contributed by atoms with Crippen molar-refractivity contribution in [1.82, 2.24) is 25.5 Å². The first kappa shape index (κ1) is 30.0. The molecule has 1 fully saturated rings. The number of aliphatic carboxylic acids is 2. The molecule has 16 heteroatoms. The van der Waals surface area contributed by atoms with E-state index in [1.165, 1.54) is 17.4 Å². The summed E-state index contributed by atoms with van der Waals surface area (Å²) in [5, 5.41) is 23.6. The molecule has 0 radical (unpaired) electrons. The summed E-state index contributed by atoms with van der Waals surface area (Å²) in [6.07, 6.45) is 3.51. The minimum Gasteiger partial charge on any atom is -0.481 e. The lowest BCUT2D eigenvalue weighted by molar-refractivity contribution is -0.145. The molecule has 4 unspecified atom stereocenters. The van der Waals surface area contributed by atoms with Gasteiger partial charge in [0.05, 0.1) is 12.4 Å². The van der Waals surface area contributed by atoms with Gasteiger partial charge in [0.2, 0.25) is 17.7 Å². The number of carbonyl (C=O) groups is 5. The van der Waals surface area contributed by atoms with Crippen LogP contribution in [0.15, 0.2) is 17.5 Å². The van der Waals surface area contributed by atoms with Crippen LogP contribution < -0.4 is 27.8 Å². The lowest BCUT2D eigenvalue weighted by atomic mass is 10.1. The van der Waals surface area contributed by atoms with Gasteiger partial charge in [-0.15, -0.1) is 0 Å². The molecule has 4 atom stereocenters. The molecule has 11 N–H and O–H groups in total. The number of hydrogen-bond donors (Lipinski definition) is 8. The lowest BCUT2D eigenvalue weighted by Gasteiger charge is -2.29. The number of H-pyrrole nitrogens is 1. The first-order valence-electron chi connectivity index (χ1n) is 12.1. The molecular weight excluding hydrogens is 502 g/mol. The third-order valence-electron chi connectivity index (χ3n) is 6.00. The van der Waals surface area contributed by atoms with Crippen molar-refractivity contribution in [2.45, 2.75) is 69.1 Å². The van der Waals surface area contributed by atoms with Crippen LogP contribution in [0, 0.1) is 0 Å². The Bertz CT molecular complexity index is 1010. The Balaban J connectivity index is 2.07. The van der Waals surface area contributed by atoms with E-state index in [2.05, 4.69) is 25.6 Å². The van der Waals surface area contributed by atoms with Crippen molar-refractivity contribution in [3.63, 3.8) is 0 Å². The number of aliphatic imine (C=N–C) groups is 1. The van der Waals surface area contributed by atoms with E-state index in [4.69, 9.17) is 22.3 Å². The SMILES string of the molecule is NC(N)=NCCCC(N)C(=O)NC(CCC(=O)O)C(=O)N1CCCC1C(=O)NC(Cc1cnc[nH]1)C(=O)O. The van der Waals surface area contributed by atoms with Gasteiger partial charge in [-0.2, -0.15) is 0 Å². The molecule has 38 heavy (non-hydrogen) atoms. The summed E-state index contributed by atoms with van der Waals surface area (Å²) in [6, 6.07) is -4.49. The fraction of sp³-hybridized carbons (Fsp3) is 0.591. The van der Waals surface area contributed by atoms with Crippen molar-refractivity contribution in [3.8, 4) is 0 Å². The fourth-order valence-electron chi connectivity index (χ4n) is 4.04. The molecular formula is C22H35N9O7. The van der Waals surface area contributed by atoms with Crippen LogP contribution in [0.25, 0.3) is 0 Å². The highest BCUT2D eigenvalue weighted by molar-refractivity contribution is 5.94. The maximum Gasteiger partial charge on any atom is 0.326 e. The minimum absolute atomic E-state index is 0.0416. The third kappa shape index (κ3) is 9.34. The number of hydrogen-bond acceptors (Lipinski definition) is 8. The van der Waals surface area contributed by atoms with Crippen LogP contribution in [0.5, 0.6) is 0 Å². The van der Waals surface area contributed by atoms with Crippen molar-refractivity contribution >= 4 is 35.6 Å². The number of carboxylic acid groups (broad SMARTS) is 2. The van der Waals surface area contributed by atoms with Crippen LogP contribution >= 0.6 is 0 Å². The Morgan fingerprint density at radius 3 is 2.50 bits per heavy atom. The number of likely N-dealkylation sites (tertiary alicyclic amines) is 1. The van der Waals surface area contributed by atoms with Crippen LogP contribution in [-0.2, 0) is 30.4 Å². The molecule has 210 valence electrons. The maximum absolute atomic E-state index is 13.4. The third-order valence-corrected chi connectivity index (χ3v) is 6.00. The van der Waals surface area contributed by atoms with E-state index >= 15 is 0 Å². The number of nitrogens with one attached hydrogen (secondary N) is 3. The number of nitrogens with two attached hydrogens (primary N) is 3. The van der Waals surface area contributed by atoms with Crippen LogP contribution in [0.2, 0.25) is 0 Å². The number of rotatable bonds is 15. The molecule has 3 amide bonds. The van der Waals surface area contributed by atoms with E-state index in [1.807, 2.05) is 0 Å². The minimum atomic E-state index is -1.26. The number of carboxylic acids is 2. The van der Waals surface area contributed by atoms with Crippen molar-refractivity contribution in [3.05, 3.63) is 18.2 Å². The zero-order chi connectivity index (χ0) is 28.2. The van der Waals surface area contributed by atoms with E-state index in [0.29, 0.717) is 18.5 Å². The zero-order valence-corrected chi connectivity index (χ0v) is 20.8. The number of guanidine groups is 1. The van der Waals surface area contributed by atoms with Crippen molar-refractivity contribution < 1.29 is 34.2 Å². The molecule has 16 nitrogen and oxygen atoms in total. The highest BCUT2D eigenvalue weighted by atomic mass is 16.4. The molecule has 0 bridgehead atoms. The quantitative estimate of drug-likeness (QED) is 0.0644. The molecule has 0 saturated carbocycles. The molecule has 2 heterocycles. The largest absolute Gasteiger partial charge is 0.481 e. The van der Waals surface area contributed by atoms with Crippen LogP contribution in [0.4, 0.5) is 0 Å². The maximum atomic E-state index is 13.4. The van der Waals surface area contributed by atoms with Gasteiger partial charge < -0.3 is 47.9 Å². The predicted octanol–water partition coefficient (Wildman–Crippen LogP) is -2.76. The second-order valence-corrected chi connectivity index (χ2v) is 8.92. The summed E-state index contributed by atoms with van der Waals surface area (Å²) in [6.45, 7) is 0.437. The fourth-order valence-corrected chi connectivity index (χ4v) is 4.04. The summed E-state index contributed by atoms with van der Waals surface area (Å²) >= 11 is 0. The van der Waals surface area contributed by atoms with Gasteiger partial charge >= 0.3 is 11.9 Å². The highest BCUT2D eigenvalue weighted by Gasteiger charge is 2.39. The molecule has 2 rings (SSSR count). The van der Waals surface area contributed by atoms with Gasteiger partial charge in [0, 0.05) is 37.8 Å². The first-order chi connectivity index (χ1) is 18.0. The van der Waals surface area contributed by atoms with Gasteiger partial charge in [-0.3, -0.25) is 24.2 Å². The second-order valence-electron chi connectivity index (χ2n) is 8.92. The van der Waals surface area contributed by atoms with Gasteiger partial charge in [0.15, 0.2) is 5.96 Å². The predicted molar refractivity (Wildman–Crippen MR) is 133 cm³/mol. The molecule has 1 aromatic heterocycles. The normalized spacial score (nSPS) is 17.2. The Kier molecular flexibility index (Phi) is 11.5. The molecule has 1 aromatic rings. The van der Waals surface area contributed by atoms with Gasteiger partial charge in [-0.1, -0.05) is 0 Å². The van der Waals surface area contributed by atoms with Gasteiger partial charge in [-0.05, 0) is 32.1 Å². The van der Waals surface area contributed by atoms with Crippen molar-refractivity contribution in [2.24, 2.45) is 22.2 Å². The Morgan fingerprint density at radius 2 is 1.89 bits per heavy atom. The summed E-state index contributed by atoms with van der Waals surface area (Å²) < 4.78 is 0. The number of amides is 3. The summed E-state index contributed by atoms with van der Waals surface area (Å²) in [7, 11) is 0. The molecule has 1 saturated heterocycles. The smallest absolute Gasteiger partial charge is 0.326 e. The standard InChI is InChI=1S/C22H35N9O7/c23-13(3-1-7-27-22(24)25)18(34)29-14(5-6-17(32)33)20(36)31-8-2-4-16(31)19(35)30-15(21(37)38)9-12-10-26-11-28-12/h10-11,13-16H,1-9,23H2,(H,26,28)(H,29,34)(H,30,35)(H,32,33)(H,37,38)(H4,24,25,27). The average molecular weight is 538 g/mol. The number of aromatic amines is 1. The van der Waals surface area contributed by atoms with E-state index in [1.54, 1.807) is 0 Å². The van der Waals surface area contributed by atoms with Crippen molar-refractivity contribution in [2.75, 3.05) is 13.1 Å². The van der Waals surface area contributed by atoms with E-state index in [9.17, 15) is 29.1 Å². The van der Waals surface area contributed by atoms with Gasteiger partial charge in [-0.25, -0.2) is 9.78 Å². The topological polar surface area (TPSA) is 272 Å². The zero-order valence-electron chi connectivity index (χ0n) is 20.8. The van der Waals surface area contributed by atoms with Crippen LogP contribution in [0.1, 0.15) is 44.2 Å². The number of aromatic nitrogens is 2. The molecule has 1 aliphatic heterocycles. The van der Waals surface area contributed by atoms with Crippen LogP contribution in [0.3, 0.4) is 0 Å². The average Bonchev–Trinajstić information content (AvgIpc) is 3.55. The first-order valence-corrected chi connectivity index (χ1v) is 12.1. The lowest BCUT2D eigenvalue weighted by Crippen LogP contribution is -2.57. The van der Waals surface area contributed by atoms with E-state index < -0.39 is 60.2 Å². The monoisotopic (exact) mass is 537 g/mol. The number of carbonyl (C=O) groups excluding carboxylic acids is 3. The summed E-state index contributed by atoms with van der Waals surface area (Å²) in [4.78, 5) is 73.5. The number of nitrogens with zero attached hydrogens (tertiary/aromatic N) is 3. The van der Waals surface area contributed by atoms with E-state index in [-0.39, 0.29) is 44.7 Å².